The van der Waals surface area contributed by atoms with Crippen LogP contribution in [0.25, 0.3) is 0 Å². The minimum Gasteiger partial charge on any atom is -0.376 e. The van der Waals surface area contributed by atoms with Gasteiger partial charge in [-0.2, -0.15) is 0 Å². The minimum atomic E-state index is 0.345. The van der Waals surface area contributed by atoms with Gasteiger partial charge in [-0.3, -0.25) is 4.79 Å². The SMILES string of the molecule is C=C(C)N1CCC(CN(C)C2CC(C(C)=O)C2)CC1. The van der Waals surface area contributed by atoms with E-state index in [1.807, 2.05) is 0 Å². The first kappa shape index (κ1) is 14.6. The van der Waals surface area contributed by atoms with E-state index in [0.29, 0.717) is 17.7 Å². The molecule has 0 aromatic rings. The van der Waals surface area contributed by atoms with Gasteiger partial charge in [0.15, 0.2) is 0 Å². The Morgan fingerprint density at radius 2 is 1.84 bits per heavy atom. The van der Waals surface area contributed by atoms with Gasteiger partial charge in [0.05, 0.1) is 0 Å². The molecule has 0 unspecified atom stereocenters. The normalized spacial score (nSPS) is 28.3. The molecular formula is C16H28N2O. The van der Waals surface area contributed by atoms with Crippen LogP contribution in [0.2, 0.25) is 0 Å². The predicted molar refractivity (Wildman–Crippen MR) is 78.9 cm³/mol. The molecule has 0 aromatic carbocycles. The van der Waals surface area contributed by atoms with E-state index in [1.165, 1.54) is 25.1 Å². The molecule has 0 amide bonds. The quantitative estimate of drug-likeness (QED) is 0.762. The lowest BCUT2D eigenvalue weighted by Gasteiger charge is -2.43. The molecule has 19 heavy (non-hydrogen) atoms. The standard InChI is InChI=1S/C16H28N2O/c1-12(2)18-7-5-14(6-8-18)11-17(4)16-9-15(10-16)13(3)19/h14-16H,1,5-11H2,2-4H3. The number of ketones is 1. The Labute approximate surface area is 117 Å². The zero-order valence-electron chi connectivity index (χ0n) is 12.7. The molecule has 1 saturated heterocycles. The number of hydrogen-bond donors (Lipinski definition) is 0. The first-order valence-corrected chi connectivity index (χ1v) is 7.58. The zero-order chi connectivity index (χ0) is 14.0. The smallest absolute Gasteiger partial charge is 0.133 e. The number of piperidine rings is 1. The molecule has 0 spiro atoms. The van der Waals surface area contributed by atoms with Gasteiger partial charge in [0, 0.05) is 37.3 Å². The highest BCUT2D eigenvalue weighted by Crippen LogP contribution is 2.33. The third-order valence-electron chi connectivity index (χ3n) is 5.01. The lowest BCUT2D eigenvalue weighted by atomic mass is 9.77. The maximum absolute atomic E-state index is 11.3. The van der Waals surface area contributed by atoms with Gasteiger partial charge in [0.1, 0.15) is 5.78 Å². The van der Waals surface area contributed by atoms with Gasteiger partial charge in [-0.25, -0.2) is 0 Å². The third-order valence-corrected chi connectivity index (χ3v) is 5.01. The van der Waals surface area contributed by atoms with Crippen LogP contribution in [0.3, 0.4) is 0 Å². The molecule has 1 heterocycles. The van der Waals surface area contributed by atoms with Crippen molar-refractivity contribution in [3.05, 3.63) is 12.3 Å². The van der Waals surface area contributed by atoms with Crippen LogP contribution in [0.1, 0.15) is 39.5 Å². The van der Waals surface area contributed by atoms with Crippen LogP contribution in [-0.2, 0) is 4.79 Å². The molecule has 0 atom stereocenters. The molecule has 1 saturated carbocycles. The first-order chi connectivity index (χ1) is 8.97. The van der Waals surface area contributed by atoms with Crippen molar-refractivity contribution in [1.29, 1.82) is 0 Å². The van der Waals surface area contributed by atoms with Crippen molar-refractivity contribution in [2.45, 2.75) is 45.6 Å². The van der Waals surface area contributed by atoms with Gasteiger partial charge in [-0.15, -0.1) is 0 Å². The summed E-state index contributed by atoms with van der Waals surface area (Å²) in [5, 5.41) is 0. The largest absolute Gasteiger partial charge is 0.376 e. The molecule has 1 aliphatic heterocycles. The lowest BCUT2D eigenvalue weighted by Crippen LogP contribution is -2.47. The van der Waals surface area contributed by atoms with Crippen molar-refractivity contribution in [1.82, 2.24) is 9.80 Å². The average Bonchev–Trinajstić information content (AvgIpc) is 2.26. The number of nitrogens with zero attached hydrogens (tertiary/aromatic N) is 2. The van der Waals surface area contributed by atoms with Gasteiger partial charge in [0.2, 0.25) is 0 Å². The summed E-state index contributed by atoms with van der Waals surface area (Å²) in [4.78, 5) is 16.1. The van der Waals surface area contributed by atoms with Gasteiger partial charge in [-0.05, 0) is 52.5 Å². The zero-order valence-corrected chi connectivity index (χ0v) is 12.7. The van der Waals surface area contributed by atoms with Crippen LogP contribution in [0, 0.1) is 11.8 Å². The second kappa shape index (κ2) is 6.08. The number of allylic oxidation sites excluding steroid dienone is 1. The van der Waals surface area contributed by atoms with Crippen LogP contribution < -0.4 is 0 Å². The molecular weight excluding hydrogens is 236 g/mol. The Hall–Kier alpha value is -0.830. The Kier molecular flexibility index (Phi) is 4.67. The number of Topliss-reactive ketones (excluding diaryl/α,β-unsaturated/α-hetero) is 1. The van der Waals surface area contributed by atoms with Crippen molar-refractivity contribution < 1.29 is 4.79 Å². The van der Waals surface area contributed by atoms with Gasteiger partial charge >= 0.3 is 0 Å². The van der Waals surface area contributed by atoms with Crippen LogP contribution in [0.15, 0.2) is 12.3 Å². The topological polar surface area (TPSA) is 23.6 Å². The van der Waals surface area contributed by atoms with E-state index in [0.717, 1.165) is 31.8 Å². The van der Waals surface area contributed by atoms with Crippen molar-refractivity contribution >= 4 is 5.78 Å². The summed E-state index contributed by atoms with van der Waals surface area (Å²) in [6.07, 6.45) is 4.72. The molecule has 0 bridgehead atoms. The van der Waals surface area contributed by atoms with E-state index in [-0.39, 0.29) is 0 Å². The summed E-state index contributed by atoms with van der Waals surface area (Å²) >= 11 is 0. The number of likely N-dealkylation sites (tertiary alicyclic amines) is 1. The highest BCUT2D eigenvalue weighted by molar-refractivity contribution is 5.79. The van der Waals surface area contributed by atoms with Crippen molar-refractivity contribution in [3.63, 3.8) is 0 Å². The van der Waals surface area contributed by atoms with Crippen LogP contribution in [0.4, 0.5) is 0 Å². The highest BCUT2D eigenvalue weighted by Gasteiger charge is 2.35. The summed E-state index contributed by atoms with van der Waals surface area (Å²) in [6, 6.07) is 0.646. The second-order valence-electron chi connectivity index (χ2n) is 6.54. The molecule has 2 rings (SSSR count). The summed E-state index contributed by atoms with van der Waals surface area (Å²) in [6.45, 7) is 11.4. The van der Waals surface area contributed by atoms with Crippen LogP contribution in [-0.4, -0.2) is 48.3 Å². The molecule has 3 heteroatoms. The molecule has 0 aromatic heterocycles. The van der Waals surface area contributed by atoms with Crippen molar-refractivity contribution in [2.75, 3.05) is 26.7 Å². The molecule has 2 aliphatic rings. The molecule has 3 nitrogen and oxygen atoms in total. The number of hydrogen-bond acceptors (Lipinski definition) is 3. The summed E-state index contributed by atoms with van der Waals surface area (Å²) in [5.74, 6) is 1.54. The average molecular weight is 264 g/mol. The van der Waals surface area contributed by atoms with Crippen molar-refractivity contribution in [2.24, 2.45) is 11.8 Å². The summed E-state index contributed by atoms with van der Waals surface area (Å²) in [7, 11) is 2.23. The van der Waals surface area contributed by atoms with E-state index in [2.05, 4.69) is 30.4 Å². The van der Waals surface area contributed by atoms with Gasteiger partial charge in [-0.1, -0.05) is 6.58 Å². The Morgan fingerprint density at radius 1 is 1.26 bits per heavy atom. The van der Waals surface area contributed by atoms with E-state index in [4.69, 9.17) is 0 Å². The molecule has 0 N–H and O–H groups in total. The second-order valence-corrected chi connectivity index (χ2v) is 6.54. The molecule has 1 aliphatic carbocycles. The summed E-state index contributed by atoms with van der Waals surface area (Å²) < 4.78 is 0. The predicted octanol–water partition coefficient (Wildman–Crippen LogP) is 2.53. The van der Waals surface area contributed by atoms with E-state index in [1.54, 1.807) is 6.92 Å². The summed E-state index contributed by atoms with van der Waals surface area (Å²) in [5.41, 5.74) is 1.20. The number of carbonyl (C=O) groups is 1. The maximum atomic E-state index is 11.3. The first-order valence-electron chi connectivity index (χ1n) is 7.58. The van der Waals surface area contributed by atoms with Crippen molar-refractivity contribution in [3.8, 4) is 0 Å². The van der Waals surface area contributed by atoms with Crippen LogP contribution in [0.5, 0.6) is 0 Å². The van der Waals surface area contributed by atoms with E-state index >= 15 is 0 Å². The molecule has 108 valence electrons. The van der Waals surface area contributed by atoms with Gasteiger partial charge < -0.3 is 9.80 Å². The van der Waals surface area contributed by atoms with E-state index in [9.17, 15) is 4.79 Å². The molecule has 2 fully saturated rings. The van der Waals surface area contributed by atoms with E-state index < -0.39 is 0 Å². The van der Waals surface area contributed by atoms with Gasteiger partial charge in [0.25, 0.3) is 0 Å². The Balaban J connectivity index is 1.69. The fraction of sp³-hybridized carbons (Fsp3) is 0.812. The Morgan fingerprint density at radius 3 is 2.32 bits per heavy atom. The lowest BCUT2D eigenvalue weighted by molar-refractivity contribution is -0.125. The number of carbonyl (C=O) groups excluding carboxylic acids is 1. The third kappa shape index (κ3) is 3.59. The molecule has 0 radical (unpaired) electrons. The minimum absolute atomic E-state index is 0.345. The highest BCUT2D eigenvalue weighted by atomic mass is 16.1. The maximum Gasteiger partial charge on any atom is 0.133 e. The Bertz CT molecular complexity index is 339. The fourth-order valence-electron chi connectivity index (χ4n) is 3.33. The monoisotopic (exact) mass is 264 g/mol. The fourth-order valence-corrected chi connectivity index (χ4v) is 3.33. The number of rotatable bonds is 5. The van der Waals surface area contributed by atoms with Crippen LogP contribution >= 0.6 is 0 Å².